The third-order valence-corrected chi connectivity index (χ3v) is 6.64. The largest absolute Gasteiger partial charge is 0.454 e. The Labute approximate surface area is 200 Å². The summed E-state index contributed by atoms with van der Waals surface area (Å²) in [4.78, 5) is 32.6. The number of para-hydroxylation sites is 1. The molecule has 1 atom stereocenters. The van der Waals surface area contributed by atoms with Crippen molar-refractivity contribution in [3.63, 3.8) is 0 Å². The van der Waals surface area contributed by atoms with Crippen LogP contribution < -0.4 is 14.5 Å². The summed E-state index contributed by atoms with van der Waals surface area (Å²) < 4.78 is 6.08. The molecule has 1 fully saturated rings. The summed E-state index contributed by atoms with van der Waals surface area (Å²) >= 11 is 0. The number of aryl methyl sites for hydroxylation is 1. The van der Waals surface area contributed by atoms with Crippen molar-refractivity contribution >= 4 is 23.2 Å². The number of nitrogens with zero attached hydrogens (tertiary/aromatic N) is 3. The standard InChI is InChI=1S/C28H29N3O3/c1-4-30-24-17-21(12-13-26(24)34-25-11-6-5-10-23(25)28(30)33)27(32)29-14-15-31(20(3)18-29)22-9-7-8-19(2)16-22/h5-13,16-17,20H,4,14-15,18H2,1-3H3. The van der Waals surface area contributed by atoms with Gasteiger partial charge in [0.1, 0.15) is 5.75 Å². The fourth-order valence-electron chi connectivity index (χ4n) is 4.88. The second kappa shape index (κ2) is 8.86. The first kappa shape index (κ1) is 22.0. The second-order valence-electron chi connectivity index (χ2n) is 8.96. The van der Waals surface area contributed by atoms with E-state index in [2.05, 4.69) is 43.0 Å². The molecule has 2 heterocycles. The highest BCUT2D eigenvalue weighted by Crippen LogP contribution is 2.39. The van der Waals surface area contributed by atoms with E-state index in [4.69, 9.17) is 4.74 Å². The van der Waals surface area contributed by atoms with Gasteiger partial charge in [0.25, 0.3) is 11.8 Å². The minimum Gasteiger partial charge on any atom is -0.454 e. The van der Waals surface area contributed by atoms with Crippen molar-refractivity contribution in [2.24, 2.45) is 0 Å². The smallest absolute Gasteiger partial charge is 0.262 e. The minimum absolute atomic E-state index is 0.0243. The van der Waals surface area contributed by atoms with Crippen molar-refractivity contribution in [3.05, 3.63) is 83.4 Å². The number of hydrogen-bond acceptors (Lipinski definition) is 4. The minimum atomic E-state index is -0.123. The first-order valence-electron chi connectivity index (χ1n) is 11.8. The summed E-state index contributed by atoms with van der Waals surface area (Å²) in [7, 11) is 0. The molecule has 3 aromatic rings. The van der Waals surface area contributed by atoms with Crippen LogP contribution in [-0.2, 0) is 0 Å². The SMILES string of the molecule is CCN1C(=O)c2ccccc2Oc2ccc(C(=O)N3CCN(c4cccc(C)c4)C(C)C3)cc21. The summed E-state index contributed by atoms with van der Waals surface area (Å²) in [6.45, 7) is 8.72. The average molecular weight is 456 g/mol. The van der Waals surface area contributed by atoms with Crippen molar-refractivity contribution in [1.82, 2.24) is 4.90 Å². The predicted molar refractivity (Wildman–Crippen MR) is 134 cm³/mol. The Morgan fingerprint density at radius 2 is 1.82 bits per heavy atom. The first-order chi connectivity index (χ1) is 16.5. The molecule has 5 rings (SSSR count). The molecule has 0 spiro atoms. The van der Waals surface area contributed by atoms with Gasteiger partial charge in [0.2, 0.25) is 0 Å². The van der Waals surface area contributed by atoms with Gasteiger partial charge in [-0.25, -0.2) is 0 Å². The van der Waals surface area contributed by atoms with Crippen molar-refractivity contribution < 1.29 is 14.3 Å². The van der Waals surface area contributed by atoms with Gasteiger partial charge in [0.15, 0.2) is 5.75 Å². The van der Waals surface area contributed by atoms with Crippen LogP contribution in [0.1, 0.15) is 40.1 Å². The van der Waals surface area contributed by atoms with E-state index in [0.29, 0.717) is 47.9 Å². The number of anilines is 2. The molecule has 0 N–H and O–H groups in total. The van der Waals surface area contributed by atoms with Gasteiger partial charge in [-0.15, -0.1) is 0 Å². The number of benzene rings is 3. The second-order valence-corrected chi connectivity index (χ2v) is 8.96. The number of ether oxygens (including phenoxy) is 1. The van der Waals surface area contributed by atoms with Crippen molar-refractivity contribution in [2.45, 2.75) is 26.8 Å². The molecule has 3 aromatic carbocycles. The zero-order chi connectivity index (χ0) is 23.8. The van der Waals surface area contributed by atoms with E-state index in [9.17, 15) is 9.59 Å². The molecule has 2 aliphatic heterocycles. The topological polar surface area (TPSA) is 53.1 Å². The number of carbonyl (C=O) groups excluding carboxylic acids is 2. The average Bonchev–Trinajstić information content (AvgIpc) is 2.96. The Hall–Kier alpha value is -3.80. The normalized spacial score (nSPS) is 17.6. The molecule has 1 saturated heterocycles. The highest BCUT2D eigenvalue weighted by atomic mass is 16.5. The molecule has 1 unspecified atom stereocenters. The fraction of sp³-hybridized carbons (Fsp3) is 0.286. The van der Waals surface area contributed by atoms with Gasteiger partial charge in [-0.2, -0.15) is 0 Å². The van der Waals surface area contributed by atoms with E-state index < -0.39 is 0 Å². The predicted octanol–water partition coefficient (Wildman–Crippen LogP) is 5.12. The fourth-order valence-corrected chi connectivity index (χ4v) is 4.88. The van der Waals surface area contributed by atoms with E-state index in [1.807, 2.05) is 24.0 Å². The van der Waals surface area contributed by atoms with E-state index >= 15 is 0 Å². The maximum absolute atomic E-state index is 13.5. The van der Waals surface area contributed by atoms with Crippen molar-refractivity contribution in [2.75, 3.05) is 36.0 Å². The highest BCUT2D eigenvalue weighted by molar-refractivity contribution is 6.10. The molecule has 2 amide bonds. The van der Waals surface area contributed by atoms with E-state index in [-0.39, 0.29) is 17.9 Å². The van der Waals surface area contributed by atoms with Crippen LogP contribution in [0.25, 0.3) is 0 Å². The van der Waals surface area contributed by atoms with Crippen LogP contribution in [0.15, 0.2) is 66.7 Å². The van der Waals surface area contributed by atoms with Gasteiger partial charge in [0.05, 0.1) is 11.3 Å². The molecule has 174 valence electrons. The summed E-state index contributed by atoms with van der Waals surface area (Å²) in [5, 5.41) is 0. The van der Waals surface area contributed by atoms with Gasteiger partial charge >= 0.3 is 0 Å². The lowest BCUT2D eigenvalue weighted by atomic mass is 10.1. The molecular weight excluding hydrogens is 426 g/mol. The quantitative estimate of drug-likeness (QED) is 0.550. The third kappa shape index (κ3) is 3.89. The molecule has 6 nitrogen and oxygen atoms in total. The number of hydrogen-bond donors (Lipinski definition) is 0. The molecule has 0 bridgehead atoms. The summed E-state index contributed by atoms with van der Waals surface area (Å²) in [5.74, 6) is 0.963. The van der Waals surface area contributed by atoms with Gasteiger partial charge < -0.3 is 19.4 Å². The number of carbonyl (C=O) groups is 2. The van der Waals surface area contributed by atoms with Gasteiger partial charge in [-0.3, -0.25) is 9.59 Å². The Balaban J connectivity index is 1.39. The number of rotatable bonds is 3. The van der Waals surface area contributed by atoms with Crippen LogP contribution in [0, 0.1) is 6.92 Å². The summed E-state index contributed by atoms with van der Waals surface area (Å²) in [6.07, 6.45) is 0. The third-order valence-electron chi connectivity index (χ3n) is 6.64. The molecule has 0 aliphatic carbocycles. The molecular formula is C28H29N3O3. The molecule has 0 radical (unpaired) electrons. The first-order valence-corrected chi connectivity index (χ1v) is 11.8. The lowest BCUT2D eigenvalue weighted by molar-refractivity contribution is 0.0726. The van der Waals surface area contributed by atoms with Crippen LogP contribution in [-0.4, -0.2) is 48.9 Å². The van der Waals surface area contributed by atoms with Gasteiger partial charge in [0, 0.05) is 43.5 Å². The molecule has 0 aromatic heterocycles. The van der Waals surface area contributed by atoms with Crippen LogP contribution >= 0.6 is 0 Å². The van der Waals surface area contributed by atoms with Crippen LogP contribution in [0.5, 0.6) is 11.5 Å². The maximum atomic E-state index is 13.5. The monoisotopic (exact) mass is 455 g/mol. The van der Waals surface area contributed by atoms with Crippen molar-refractivity contribution in [1.29, 1.82) is 0 Å². The van der Waals surface area contributed by atoms with E-state index in [0.717, 1.165) is 6.54 Å². The lowest BCUT2D eigenvalue weighted by Crippen LogP contribution is -2.53. The van der Waals surface area contributed by atoms with Crippen molar-refractivity contribution in [3.8, 4) is 11.5 Å². The molecule has 0 saturated carbocycles. The van der Waals surface area contributed by atoms with Gasteiger partial charge in [-0.1, -0.05) is 24.3 Å². The molecule has 6 heteroatoms. The Morgan fingerprint density at radius 1 is 1.00 bits per heavy atom. The number of amides is 2. The number of piperazine rings is 1. The Morgan fingerprint density at radius 3 is 2.59 bits per heavy atom. The van der Waals surface area contributed by atoms with Crippen LogP contribution in [0.4, 0.5) is 11.4 Å². The van der Waals surface area contributed by atoms with Crippen LogP contribution in [0.3, 0.4) is 0 Å². The zero-order valence-electron chi connectivity index (χ0n) is 19.8. The van der Waals surface area contributed by atoms with Gasteiger partial charge in [-0.05, 0) is 68.8 Å². The Kier molecular flexibility index (Phi) is 5.74. The Bertz CT molecular complexity index is 1260. The number of fused-ring (bicyclic) bond motifs is 2. The lowest BCUT2D eigenvalue weighted by Gasteiger charge is -2.41. The zero-order valence-corrected chi connectivity index (χ0v) is 19.8. The highest BCUT2D eigenvalue weighted by Gasteiger charge is 2.31. The maximum Gasteiger partial charge on any atom is 0.262 e. The summed E-state index contributed by atoms with van der Waals surface area (Å²) in [6, 6.07) is 21.3. The summed E-state index contributed by atoms with van der Waals surface area (Å²) in [5.41, 5.74) is 4.14. The van der Waals surface area contributed by atoms with E-state index in [1.54, 1.807) is 35.2 Å². The molecule has 2 aliphatic rings. The molecule has 34 heavy (non-hydrogen) atoms. The van der Waals surface area contributed by atoms with E-state index in [1.165, 1.54) is 11.3 Å². The van der Waals surface area contributed by atoms with Crippen LogP contribution in [0.2, 0.25) is 0 Å².